The van der Waals surface area contributed by atoms with E-state index in [9.17, 15) is 0 Å². The van der Waals surface area contributed by atoms with E-state index >= 15 is 0 Å². The Labute approximate surface area is 90.1 Å². The maximum absolute atomic E-state index is 4.26. The lowest BCUT2D eigenvalue weighted by Crippen LogP contribution is -1.97. The minimum absolute atomic E-state index is 0.806. The normalized spacial score (nSPS) is 10.4. The van der Waals surface area contributed by atoms with Crippen molar-refractivity contribution in [1.82, 2.24) is 19.7 Å². The predicted octanol–water partition coefficient (Wildman–Crippen LogP) is 2.12. The Morgan fingerprint density at radius 3 is 2.93 bits per heavy atom. The van der Waals surface area contributed by atoms with Gasteiger partial charge < -0.3 is 4.57 Å². The van der Waals surface area contributed by atoms with E-state index in [0.29, 0.717) is 0 Å². The summed E-state index contributed by atoms with van der Waals surface area (Å²) in [5.41, 5.74) is 0.840. The van der Waals surface area contributed by atoms with Gasteiger partial charge >= 0.3 is 0 Å². The molecule has 0 saturated heterocycles. The third-order valence-electron chi connectivity index (χ3n) is 1.91. The average Bonchev–Trinajstić information content (AvgIpc) is 2.67. The fourth-order valence-corrected chi connectivity index (χ4v) is 1.43. The monoisotopic (exact) mass is 252 g/mol. The molecule has 0 aliphatic rings. The molecule has 4 nitrogen and oxygen atoms in total. The molecule has 0 N–H and O–H groups in total. The molecule has 2 aromatic rings. The van der Waals surface area contributed by atoms with Crippen LogP contribution in [0.5, 0.6) is 0 Å². The van der Waals surface area contributed by atoms with Crippen molar-refractivity contribution in [3.05, 3.63) is 29.1 Å². The van der Waals surface area contributed by atoms with Gasteiger partial charge in [0.15, 0.2) is 5.82 Å². The minimum Gasteiger partial charge on any atom is -0.313 e. The van der Waals surface area contributed by atoms with E-state index in [1.165, 1.54) is 0 Å². The SMILES string of the molecule is CCn1cnnc1-c1ccc(Br)cn1. The molecule has 72 valence electrons. The molecule has 0 unspecified atom stereocenters. The number of pyridine rings is 1. The van der Waals surface area contributed by atoms with Gasteiger partial charge in [-0.25, -0.2) is 0 Å². The number of hydrogen-bond acceptors (Lipinski definition) is 3. The van der Waals surface area contributed by atoms with Crippen LogP contribution in [0.1, 0.15) is 6.92 Å². The second kappa shape index (κ2) is 3.88. The highest BCUT2D eigenvalue weighted by Crippen LogP contribution is 2.16. The number of rotatable bonds is 2. The van der Waals surface area contributed by atoms with Crippen molar-refractivity contribution in [3.8, 4) is 11.5 Å². The van der Waals surface area contributed by atoms with Crippen LogP contribution in [0.3, 0.4) is 0 Å². The van der Waals surface area contributed by atoms with Gasteiger partial charge in [0, 0.05) is 17.2 Å². The summed E-state index contributed by atoms with van der Waals surface area (Å²) in [5.74, 6) is 0.806. The van der Waals surface area contributed by atoms with E-state index in [1.54, 1.807) is 12.5 Å². The van der Waals surface area contributed by atoms with Gasteiger partial charge in [-0.3, -0.25) is 4.98 Å². The highest BCUT2D eigenvalue weighted by atomic mass is 79.9. The molecule has 14 heavy (non-hydrogen) atoms. The van der Waals surface area contributed by atoms with Crippen LogP contribution in [0.25, 0.3) is 11.5 Å². The lowest BCUT2D eigenvalue weighted by molar-refractivity contribution is 0.764. The zero-order chi connectivity index (χ0) is 9.97. The van der Waals surface area contributed by atoms with Crippen molar-refractivity contribution in [3.63, 3.8) is 0 Å². The van der Waals surface area contributed by atoms with E-state index in [1.807, 2.05) is 23.6 Å². The van der Waals surface area contributed by atoms with Gasteiger partial charge in [0.05, 0.1) is 0 Å². The van der Waals surface area contributed by atoms with Crippen LogP contribution in [0.15, 0.2) is 29.1 Å². The third-order valence-corrected chi connectivity index (χ3v) is 2.38. The number of aromatic nitrogens is 4. The van der Waals surface area contributed by atoms with Crippen LogP contribution in [-0.2, 0) is 6.54 Å². The minimum atomic E-state index is 0.806. The van der Waals surface area contributed by atoms with Gasteiger partial charge in [-0.15, -0.1) is 10.2 Å². The van der Waals surface area contributed by atoms with Crippen LogP contribution in [0, 0.1) is 0 Å². The van der Waals surface area contributed by atoms with Crippen molar-refractivity contribution in [2.45, 2.75) is 13.5 Å². The summed E-state index contributed by atoms with van der Waals surface area (Å²) in [6, 6.07) is 3.86. The first-order valence-corrected chi connectivity index (χ1v) is 5.10. The molecule has 0 aliphatic carbocycles. The summed E-state index contributed by atoms with van der Waals surface area (Å²) < 4.78 is 2.92. The molecule has 2 rings (SSSR count). The number of aryl methyl sites for hydroxylation is 1. The molecule has 2 heterocycles. The van der Waals surface area contributed by atoms with Crippen LogP contribution in [0.4, 0.5) is 0 Å². The van der Waals surface area contributed by atoms with Crippen LogP contribution in [0.2, 0.25) is 0 Å². The zero-order valence-corrected chi connectivity index (χ0v) is 9.27. The summed E-state index contributed by atoms with van der Waals surface area (Å²) >= 11 is 3.34. The second-order valence-electron chi connectivity index (χ2n) is 2.80. The molecular weight excluding hydrogens is 244 g/mol. The molecule has 0 amide bonds. The number of hydrogen-bond donors (Lipinski definition) is 0. The van der Waals surface area contributed by atoms with E-state index in [2.05, 4.69) is 31.1 Å². The molecule has 0 fully saturated rings. The lowest BCUT2D eigenvalue weighted by Gasteiger charge is -2.01. The van der Waals surface area contributed by atoms with Gasteiger partial charge in [-0.2, -0.15) is 0 Å². The summed E-state index contributed by atoms with van der Waals surface area (Å²) in [7, 11) is 0. The maximum Gasteiger partial charge on any atom is 0.182 e. The lowest BCUT2D eigenvalue weighted by atomic mass is 10.3. The third kappa shape index (κ3) is 1.68. The highest BCUT2D eigenvalue weighted by molar-refractivity contribution is 9.10. The Kier molecular flexibility index (Phi) is 2.58. The van der Waals surface area contributed by atoms with Crippen molar-refractivity contribution in [2.75, 3.05) is 0 Å². The summed E-state index contributed by atoms with van der Waals surface area (Å²) in [4.78, 5) is 4.26. The first-order chi connectivity index (χ1) is 6.81. The van der Waals surface area contributed by atoms with Gasteiger partial charge in [0.1, 0.15) is 12.0 Å². The molecule has 0 radical (unpaired) electrons. The molecule has 0 spiro atoms. The molecule has 0 aliphatic heterocycles. The maximum atomic E-state index is 4.26. The van der Waals surface area contributed by atoms with Crippen LogP contribution < -0.4 is 0 Å². The average molecular weight is 253 g/mol. The molecule has 0 aromatic carbocycles. The first-order valence-electron chi connectivity index (χ1n) is 4.31. The van der Waals surface area contributed by atoms with Crippen LogP contribution in [-0.4, -0.2) is 19.7 Å². The predicted molar refractivity (Wildman–Crippen MR) is 56.6 cm³/mol. The summed E-state index contributed by atoms with van der Waals surface area (Å²) in [6.07, 6.45) is 3.46. The van der Waals surface area contributed by atoms with Crippen molar-refractivity contribution in [2.24, 2.45) is 0 Å². The number of halogens is 1. The van der Waals surface area contributed by atoms with Crippen molar-refractivity contribution < 1.29 is 0 Å². The molecule has 5 heteroatoms. The Bertz CT molecular complexity index is 421. The van der Waals surface area contributed by atoms with E-state index in [4.69, 9.17) is 0 Å². The van der Waals surface area contributed by atoms with Gasteiger partial charge in [-0.1, -0.05) is 0 Å². The standard InChI is InChI=1S/C9H9BrN4/c1-2-14-6-12-13-9(14)8-4-3-7(10)5-11-8/h3-6H,2H2,1H3. The largest absolute Gasteiger partial charge is 0.313 e. The van der Waals surface area contributed by atoms with E-state index < -0.39 is 0 Å². The van der Waals surface area contributed by atoms with Crippen molar-refractivity contribution in [1.29, 1.82) is 0 Å². The molecule has 2 aromatic heterocycles. The zero-order valence-electron chi connectivity index (χ0n) is 7.68. The fourth-order valence-electron chi connectivity index (χ4n) is 1.19. The molecule has 0 atom stereocenters. The van der Waals surface area contributed by atoms with Gasteiger partial charge in [0.2, 0.25) is 0 Å². The van der Waals surface area contributed by atoms with Gasteiger partial charge in [-0.05, 0) is 35.0 Å². The molecular formula is C9H9BrN4. The van der Waals surface area contributed by atoms with Crippen molar-refractivity contribution >= 4 is 15.9 Å². The van der Waals surface area contributed by atoms with E-state index in [-0.39, 0.29) is 0 Å². The molecule has 0 saturated carbocycles. The summed E-state index contributed by atoms with van der Waals surface area (Å²) in [6.45, 7) is 2.89. The summed E-state index contributed by atoms with van der Waals surface area (Å²) in [5, 5.41) is 7.88. The topological polar surface area (TPSA) is 43.6 Å². The Morgan fingerprint density at radius 1 is 1.43 bits per heavy atom. The number of nitrogens with zero attached hydrogens (tertiary/aromatic N) is 4. The second-order valence-corrected chi connectivity index (χ2v) is 3.72. The fraction of sp³-hybridized carbons (Fsp3) is 0.222. The highest BCUT2D eigenvalue weighted by Gasteiger charge is 2.06. The van der Waals surface area contributed by atoms with E-state index in [0.717, 1.165) is 22.5 Å². The van der Waals surface area contributed by atoms with Crippen LogP contribution >= 0.6 is 15.9 Å². The van der Waals surface area contributed by atoms with Gasteiger partial charge in [0.25, 0.3) is 0 Å². The molecule has 0 bridgehead atoms. The first kappa shape index (κ1) is 9.33. The smallest absolute Gasteiger partial charge is 0.182 e. The quantitative estimate of drug-likeness (QED) is 0.823. The Hall–Kier alpha value is -1.23. The Balaban J connectivity index is 2.44. The Morgan fingerprint density at radius 2 is 2.29 bits per heavy atom.